The van der Waals surface area contributed by atoms with Gasteiger partial charge < -0.3 is 24.8 Å². The number of hydrogen-bond donors (Lipinski definition) is 1. The Kier molecular flexibility index (Phi) is 6.13. The summed E-state index contributed by atoms with van der Waals surface area (Å²) in [4.78, 5) is 6.49. The van der Waals surface area contributed by atoms with Crippen LogP contribution in [0.5, 0.6) is 11.5 Å². The number of para-hydroxylation sites is 2. The molecule has 7 heteroatoms. The van der Waals surface area contributed by atoms with Crippen molar-refractivity contribution in [3.8, 4) is 11.5 Å². The fourth-order valence-corrected chi connectivity index (χ4v) is 2.47. The second kappa shape index (κ2) is 7.87. The summed E-state index contributed by atoms with van der Waals surface area (Å²) < 4.78 is 17.0. The predicted molar refractivity (Wildman–Crippen MR) is 95.2 cm³/mol. The molecule has 0 amide bonds. The summed E-state index contributed by atoms with van der Waals surface area (Å²) in [6, 6.07) is 7.66. The van der Waals surface area contributed by atoms with E-state index >= 15 is 0 Å². The van der Waals surface area contributed by atoms with Crippen LogP contribution in [0.2, 0.25) is 0 Å². The Labute approximate surface area is 147 Å². The number of fused-ring (bicyclic) bond motifs is 1. The minimum absolute atomic E-state index is 0. The first-order chi connectivity index (χ1) is 10.2. The highest BCUT2D eigenvalue weighted by Gasteiger charge is 2.22. The zero-order chi connectivity index (χ0) is 14.7. The molecule has 2 aliphatic rings. The quantitative estimate of drug-likeness (QED) is 0.447. The highest BCUT2D eigenvalue weighted by atomic mass is 127. The highest BCUT2D eigenvalue weighted by Crippen LogP contribution is 2.30. The number of nitrogens with zero attached hydrogens (tertiary/aromatic N) is 2. The lowest BCUT2D eigenvalue weighted by molar-refractivity contribution is 0.00517. The van der Waals surface area contributed by atoms with Gasteiger partial charge in [0, 0.05) is 13.1 Å². The van der Waals surface area contributed by atoms with Crippen molar-refractivity contribution >= 4 is 29.9 Å². The molecule has 0 spiro atoms. The average Bonchev–Trinajstić information content (AvgIpc) is 2.52. The van der Waals surface area contributed by atoms with Crippen LogP contribution in [0.15, 0.2) is 29.3 Å². The molecule has 0 saturated carbocycles. The van der Waals surface area contributed by atoms with E-state index in [4.69, 9.17) is 19.9 Å². The number of guanidine groups is 1. The first-order valence-electron chi connectivity index (χ1n) is 7.27. The lowest BCUT2D eigenvalue weighted by Crippen LogP contribution is -2.48. The molecular weight excluding hydrogens is 397 g/mol. The van der Waals surface area contributed by atoms with Gasteiger partial charge in [-0.25, -0.2) is 4.99 Å². The van der Waals surface area contributed by atoms with E-state index in [0.29, 0.717) is 25.7 Å². The Morgan fingerprint density at radius 2 is 2.14 bits per heavy atom. The van der Waals surface area contributed by atoms with E-state index in [0.717, 1.165) is 24.6 Å². The Morgan fingerprint density at radius 1 is 1.36 bits per heavy atom. The first kappa shape index (κ1) is 17.1. The zero-order valence-corrected chi connectivity index (χ0v) is 14.9. The van der Waals surface area contributed by atoms with Crippen molar-refractivity contribution in [2.75, 3.05) is 32.8 Å². The molecule has 6 nitrogen and oxygen atoms in total. The normalized spacial score (nSPS) is 24.6. The van der Waals surface area contributed by atoms with Gasteiger partial charge in [0.1, 0.15) is 6.61 Å². The van der Waals surface area contributed by atoms with Gasteiger partial charge in [-0.05, 0) is 19.1 Å². The predicted octanol–water partition coefficient (Wildman–Crippen LogP) is 1.48. The second-order valence-corrected chi connectivity index (χ2v) is 5.32. The lowest BCUT2D eigenvalue weighted by atomic mass is 10.2. The van der Waals surface area contributed by atoms with Crippen molar-refractivity contribution in [3.63, 3.8) is 0 Å². The van der Waals surface area contributed by atoms with Crippen LogP contribution in [0, 0.1) is 0 Å². The van der Waals surface area contributed by atoms with Crippen molar-refractivity contribution < 1.29 is 14.2 Å². The second-order valence-electron chi connectivity index (χ2n) is 5.32. The van der Waals surface area contributed by atoms with Gasteiger partial charge in [0.2, 0.25) is 0 Å². The topological polar surface area (TPSA) is 69.3 Å². The van der Waals surface area contributed by atoms with Crippen molar-refractivity contribution in [1.82, 2.24) is 4.90 Å². The molecule has 3 rings (SSSR count). The molecule has 122 valence electrons. The van der Waals surface area contributed by atoms with Gasteiger partial charge in [0.05, 0.1) is 19.3 Å². The summed E-state index contributed by atoms with van der Waals surface area (Å²) in [7, 11) is 0. The highest BCUT2D eigenvalue weighted by molar-refractivity contribution is 14.0. The van der Waals surface area contributed by atoms with Crippen molar-refractivity contribution in [3.05, 3.63) is 24.3 Å². The summed E-state index contributed by atoms with van der Waals surface area (Å²) in [5, 5.41) is 0. The van der Waals surface area contributed by atoms with Crippen LogP contribution in [0.3, 0.4) is 0 Å². The molecule has 2 atom stereocenters. The molecule has 1 saturated heterocycles. The van der Waals surface area contributed by atoms with Gasteiger partial charge in [-0.2, -0.15) is 0 Å². The molecule has 0 aromatic heterocycles. The van der Waals surface area contributed by atoms with Crippen molar-refractivity contribution in [2.45, 2.75) is 19.1 Å². The molecule has 0 aliphatic carbocycles. The number of rotatable bonds is 2. The van der Waals surface area contributed by atoms with Crippen LogP contribution in [-0.2, 0) is 4.74 Å². The maximum absolute atomic E-state index is 6.05. The SMILES string of the molecule is CC1CN(C(N)=NCC2COc3ccccc3O2)CCO1.I. The van der Waals surface area contributed by atoms with E-state index in [9.17, 15) is 0 Å². The summed E-state index contributed by atoms with van der Waals surface area (Å²) in [5.74, 6) is 2.10. The molecule has 0 bridgehead atoms. The zero-order valence-electron chi connectivity index (χ0n) is 12.6. The third-order valence-corrected chi connectivity index (χ3v) is 3.59. The van der Waals surface area contributed by atoms with Crippen LogP contribution in [0.1, 0.15) is 6.92 Å². The minimum Gasteiger partial charge on any atom is -0.486 e. The largest absolute Gasteiger partial charge is 0.486 e. The Hall–Kier alpha value is -1.22. The van der Waals surface area contributed by atoms with E-state index in [1.165, 1.54) is 0 Å². The average molecular weight is 419 g/mol. The molecule has 0 radical (unpaired) electrons. The number of morpholine rings is 1. The molecule has 2 aliphatic heterocycles. The van der Waals surface area contributed by atoms with Gasteiger partial charge in [0.25, 0.3) is 0 Å². The summed E-state index contributed by atoms with van der Waals surface area (Å²) in [6.07, 6.45) is 0.0885. The van der Waals surface area contributed by atoms with Gasteiger partial charge in [-0.15, -0.1) is 24.0 Å². The summed E-state index contributed by atoms with van der Waals surface area (Å²) in [6.45, 7) is 5.27. The number of benzene rings is 1. The molecule has 22 heavy (non-hydrogen) atoms. The Balaban J connectivity index is 0.00000176. The smallest absolute Gasteiger partial charge is 0.191 e. The van der Waals surface area contributed by atoms with Gasteiger partial charge in [-0.1, -0.05) is 12.1 Å². The minimum atomic E-state index is -0.100. The third kappa shape index (κ3) is 4.16. The number of nitrogens with two attached hydrogens (primary N) is 1. The maximum Gasteiger partial charge on any atom is 0.191 e. The number of aliphatic imine (C=N–C) groups is 1. The monoisotopic (exact) mass is 419 g/mol. The summed E-state index contributed by atoms with van der Waals surface area (Å²) >= 11 is 0. The summed E-state index contributed by atoms with van der Waals surface area (Å²) in [5.41, 5.74) is 6.05. The van der Waals surface area contributed by atoms with E-state index in [2.05, 4.69) is 4.99 Å². The standard InChI is InChI=1S/C15H21N3O3.HI/c1-11-9-18(6-7-19-11)15(16)17-8-12-10-20-13-4-2-3-5-14(13)21-12;/h2-5,11-12H,6-10H2,1H3,(H2,16,17);1H. The molecular formula is C15H22IN3O3. The third-order valence-electron chi connectivity index (χ3n) is 3.59. The Bertz CT molecular complexity index is 527. The number of halogens is 1. The first-order valence-corrected chi connectivity index (χ1v) is 7.27. The van der Waals surface area contributed by atoms with Gasteiger partial charge in [-0.3, -0.25) is 0 Å². The van der Waals surface area contributed by atoms with E-state index in [1.54, 1.807) is 0 Å². The van der Waals surface area contributed by atoms with E-state index in [-0.39, 0.29) is 36.2 Å². The number of ether oxygens (including phenoxy) is 3. The molecule has 2 N–H and O–H groups in total. The molecule has 1 aromatic rings. The maximum atomic E-state index is 6.05. The molecule has 1 fully saturated rings. The Morgan fingerprint density at radius 3 is 2.91 bits per heavy atom. The molecule has 2 unspecified atom stereocenters. The van der Waals surface area contributed by atoms with E-state index in [1.807, 2.05) is 36.1 Å². The fraction of sp³-hybridized carbons (Fsp3) is 0.533. The van der Waals surface area contributed by atoms with Crippen LogP contribution in [-0.4, -0.2) is 55.9 Å². The van der Waals surface area contributed by atoms with Gasteiger partial charge in [0.15, 0.2) is 23.6 Å². The van der Waals surface area contributed by atoms with Crippen molar-refractivity contribution in [2.24, 2.45) is 10.7 Å². The molecule has 2 heterocycles. The van der Waals surface area contributed by atoms with Crippen LogP contribution < -0.4 is 15.2 Å². The van der Waals surface area contributed by atoms with E-state index < -0.39 is 0 Å². The fourth-order valence-electron chi connectivity index (χ4n) is 2.47. The van der Waals surface area contributed by atoms with Crippen LogP contribution >= 0.6 is 24.0 Å². The van der Waals surface area contributed by atoms with Gasteiger partial charge >= 0.3 is 0 Å². The molecule has 1 aromatic carbocycles. The van der Waals surface area contributed by atoms with Crippen LogP contribution in [0.4, 0.5) is 0 Å². The van der Waals surface area contributed by atoms with Crippen LogP contribution in [0.25, 0.3) is 0 Å². The van der Waals surface area contributed by atoms with Crippen molar-refractivity contribution in [1.29, 1.82) is 0 Å². The lowest BCUT2D eigenvalue weighted by Gasteiger charge is -2.32. The number of hydrogen-bond acceptors (Lipinski definition) is 4.